The number of aromatic nitrogens is 3. The third-order valence-corrected chi connectivity index (χ3v) is 7.44. The molecule has 0 saturated carbocycles. The van der Waals surface area contributed by atoms with Crippen molar-refractivity contribution >= 4 is 32.7 Å². The minimum atomic E-state index is -0.0484. The molecule has 0 spiro atoms. The second-order valence-electron chi connectivity index (χ2n) is 8.46. The van der Waals surface area contributed by atoms with Crippen LogP contribution in [-0.4, -0.2) is 51.5 Å². The molecule has 0 N–H and O–H groups in total. The average molecular weight is 438 g/mol. The monoisotopic (exact) mass is 437 g/mol. The number of carbonyl (C=O) groups excluding carboxylic acids is 1. The van der Waals surface area contributed by atoms with Gasteiger partial charge in [-0.1, -0.05) is 41.7 Å². The molecule has 4 heterocycles. The number of fused-ring (bicyclic) bond motifs is 1. The molecule has 7 nitrogen and oxygen atoms in total. The first-order valence-electron chi connectivity index (χ1n) is 11.1. The summed E-state index contributed by atoms with van der Waals surface area (Å²) < 4.78 is 2.24. The normalized spacial score (nSPS) is 17.9. The molecule has 0 atom stereocenters. The molecule has 2 aliphatic rings. The molecular weight excluding hydrogens is 410 g/mol. The van der Waals surface area contributed by atoms with Crippen LogP contribution in [0.25, 0.3) is 10.3 Å². The summed E-state index contributed by atoms with van der Waals surface area (Å²) in [6.45, 7) is 3.92. The number of amides is 1. The molecule has 2 aromatic heterocycles. The van der Waals surface area contributed by atoms with Crippen LogP contribution in [0.3, 0.4) is 0 Å². The van der Waals surface area contributed by atoms with E-state index in [1.165, 1.54) is 17.8 Å². The lowest BCUT2D eigenvalue weighted by molar-refractivity contribution is -0.137. The van der Waals surface area contributed by atoms with Crippen LogP contribution in [0.5, 0.6) is 0 Å². The first-order chi connectivity index (χ1) is 15.2. The Morgan fingerprint density at radius 1 is 1.03 bits per heavy atom. The van der Waals surface area contributed by atoms with Crippen molar-refractivity contribution in [3.63, 3.8) is 0 Å². The van der Waals surface area contributed by atoms with Gasteiger partial charge in [0.1, 0.15) is 11.0 Å². The smallest absolute Gasteiger partial charge is 0.273 e. The van der Waals surface area contributed by atoms with Gasteiger partial charge in [0.05, 0.1) is 6.54 Å². The number of benzene rings is 1. The van der Waals surface area contributed by atoms with Gasteiger partial charge in [-0.05, 0) is 37.7 Å². The maximum absolute atomic E-state index is 13.0. The van der Waals surface area contributed by atoms with Crippen molar-refractivity contribution in [3.8, 4) is 0 Å². The molecule has 31 heavy (non-hydrogen) atoms. The van der Waals surface area contributed by atoms with E-state index in [-0.39, 0.29) is 11.5 Å². The number of carbonyl (C=O) groups is 1. The zero-order valence-corrected chi connectivity index (χ0v) is 18.4. The van der Waals surface area contributed by atoms with Gasteiger partial charge >= 0.3 is 0 Å². The number of anilines is 1. The molecule has 1 amide bonds. The SMILES string of the molecule is O=C(C1CCN(c2nc3ncn(Cc4ccccc4)c(=O)c3s2)CC1)N1CCCCC1. The van der Waals surface area contributed by atoms with Crippen molar-refractivity contribution in [2.75, 3.05) is 31.1 Å². The van der Waals surface area contributed by atoms with E-state index in [1.54, 1.807) is 10.9 Å². The molecule has 0 radical (unpaired) electrons. The molecule has 0 unspecified atom stereocenters. The van der Waals surface area contributed by atoms with E-state index < -0.39 is 0 Å². The third-order valence-electron chi connectivity index (χ3n) is 6.35. The number of likely N-dealkylation sites (tertiary alicyclic amines) is 1. The van der Waals surface area contributed by atoms with Gasteiger partial charge in [-0.2, -0.15) is 4.98 Å². The van der Waals surface area contributed by atoms with E-state index in [1.807, 2.05) is 30.3 Å². The molecule has 0 bridgehead atoms. The Kier molecular flexibility index (Phi) is 5.72. The summed E-state index contributed by atoms with van der Waals surface area (Å²) in [4.78, 5) is 39.1. The van der Waals surface area contributed by atoms with Crippen molar-refractivity contribution in [3.05, 3.63) is 52.6 Å². The molecule has 2 fully saturated rings. The number of hydrogen-bond donors (Lipinski definition) is 0. The van der Waals surface area contributed by atoms with Crippen LogP contribution >= 0.6 is 11.3 Å². The predicted molar refractivity (Wildman–Crippen MR) is 123 cm³/mol. The Hall–Kier alpha value is -2.74. The highest BCUT2D eigenvalue weighted by Gasteiger charge is 2.30. The van der Waals surface area contributed by atoms with Crippen LogP contribution in [0, 0.1) is 5.92 Å². The van der Waals surface area contributed by atoms with Crippen LogP contribution in [0.15, 0.2) is 41.5 Å². The molecule has 2 saturated heterocycles. The lowest BCUT2D eigenvalue weighted by Crippen LogP contribution is -2.44. The number of piperidine rings is 2. The highest BCUT2D eigenvalue weighted by Crippen LogP contribution is 2.30. The van der Waals surface area contributed by atoms with Gasteiger partial charge in [0, 0.05) is 32.1 Å². The fourth-order valence-electron chi connectivity index (χ4n) is 4.55. The second-order valence-corrected chi connectivity index (χ2v) is 9.44. The first-order valence-corrected chi connectivity index (χ1v) is 11.9. The summed E-state index contributed by atoms with van der Waals surface area (Å²) in [5, 5.41) is 0.834. The Morgan fingerprint density at radius 3 is 2.52 bits per heavy atom. The van der Waals surface area contributed by atoms with Crippen LogP contribution in [0.1, 0.15) is 37.7 Å². The third kappa shape index (κ3) is 4.21. The Bertz CT molecular complexity index is 1110. The van der Waals surface area contributed by atoms with Gasteiger partial charge in [-0.25, -0.2) is 4.98 Å². The van der Waals surface area contributed by atoms with E-state index in [2.05, 4.69) is 19.8 Å². The minimum absolute atomic E-state index is 0.0484. The van der Waals surface area contributed by atoms with Gasteiger partial charge in [0.25, 0.3) is 5.56 Å². The van der Waals surface area contributed by atoms with Crippen LogP contribution in [-0.2, 0) is 11.3 Å². The zero-order chi connectivity index (χ0) is 21.2. The van der Waals surface area contributed by atoms with E-state index in [9.17, 15) is 9.59 Å². The molecule has 162 valence electrons. The van der Waals surface area contributed by atoms with Gasteiger partial charge in [-0.15, -0.1) is 0 Å². The van der Waals surface area contributed by atoms with Crippen molar-refractivity contribution in [1.82, 2.24) is 19.4 Å². The summed E-state index contributed by atoms with van der Waals surface area (Å²) in [7, 11) is 0. The standard InChI is InChI=1S/C23H27N5O2S/c29-21(26-11-5-2-6-12-26)18-9-13-27(14-10-18)23-25-20-19(31-23)22(30)28(16-24-20)15-17-7-3-1-4-8-17/h1,3-4,7-8,16,18H,2,5-6,9-15H2. The number of thiazole rings is 1. The number of hydrogen-bond acceptors (Lipinski definition) is 6. The van der Waals surface area contributed by atoms with Gasteiger partial charge in [0.15, 0.2) is 10.8 Å². The largest absolute Gasteiger partial charge is 0.348 e. The Labute approximate surface area is 185 Å². The van der Waals surface area contributed by atoms with Gasteiger partial charge in [0.2, 0.25) is 5.91 Å². The number of nitrogens with zero attached hydrogens (tertiary/aromatic N) is 5. The highest BCUT2D eigenvalue weighted by atomic mass is 32.1. The maximum atomic E-state index is 13.0. The van der Waals surface area contributed by atoms with Crippen LogP contribution < -0.4 is 10.5 Å². The topological polar surface area (TPSA) is 71.3 Å². The maximum Gasteiger partial charge on any atom is 0.273 e. The van der Waals surface area contributed by atoms with Gasteiger partial charge in [-0.3, -0.25) is 14.2 Å². The summed E-state index contributed by atoms with van der Waals surface area (Å²) in [6.07, 6.45) is 6.77. The van der Waals surface area contributed by atoms with Crippen molar-refractivity contribution in [2.45, 2.75) is 38.6 Å². The molecule has 1 aromatic carbocycles. The van der Waals surface area contributed by atoms with Crippen LogP contribution in [0.4, 0.5) is 5.13 Å². The van der Waals surface area contributed by atoms with Crippen molar-refractivity contribution < 1.29 is 4.79 Å². The predicted octanol–water partition coefficient (Wildman–Crippen LogP) is 3.13. The van der Waals surface area contributed by atoms with Gasteiger partial charge < -0.3 is 9.80 Å². The highest BCUT2D eigenvalue weighted by molar-refractivity contribution is 7.22. The Balaban J connectivity index is 1.28. The summed E-state index contributed by atoms with van der Waals surface area (Å²) in [6, 6.07) is 9.91. The quantitative estimate of drug-likeness (QED) is 0.627. The summed E-state index contributed by atoms with van der Waals surface area (Å²) in [5.41, 5.74) is 1.53. The molecule has 0 aliphatic carbocycles. The lowest BCUT2D eigenvalue weighted by Gasteiger charge is -2.35. The minimum Gasteiger partial charge on any atom is -0.348 e. The Morgan fingerprint density at radius 2 is 1.77 bits per heavy atom. The number of rotatable bonds is 4. The van der Waals surface area contributed by atoms with E-state index >= 15 is 0 Å². The molecular formula is C23H27N5O2S. The summed E-state index contributed by atoms with van der Waals surface area (Å²) in [5.74, 6) is 0.444. The van der Waals surface area contributed by atoms with E-state index in [4.69, 9.17) is 0 Å². The lowest BCUT2D eigenvalue weighted by atomic mass is 9.94. The molecule has 8 heteroatoms. The molecule has 2 aliphatic heterocycles. The first kappa shape index (κ1) is 20.2. The average Bonchev–Trinajstić information content (AvgIpc) is 3.27. The second kappa shape index (κ2) is 8.78. The van der Waals surface area contributed by atoms with E-state index in [0.717, 1.165) is 62.6 Å². The van der Waals surface area contributed by atoms with Crippen LogP contribution in [0.2, 0.25) is 0 Å². The zero-order valence-electron chi connectivity index (χ0n) is 17.6. The summed E-state index contributed by atoms with van der Waals surface area (Å²) >= 11 is 1.42. The van der Waals surface area contributed by atoms with E-state index in [0.29, 0.717) is 22.8 Å². The fraction of sp³-hybridized carbons (Fsp3) is 0.478. The molecule has 3 aromatic rings. The fourth-order valence-corrected chi connectivity index (χ4v) is 5.57. The van der Waals surface area contributed by atoms with Crippen molar-refractivity contribution in [2.24, 2.45) is 5.92 Å². The molecule has 5 rings (SSSR count). The van der Waals surface area contributed by atoms with Crippen molar-refractivity contribution in [1.29, 1.82) is 0 Å².